The second kappa shape index (κ2) is 6.48. The van der Waals surface area contributed by atoms with Crippen LogP contribution in [0.5, 0.6) is 11.5 Å². The minimum atomic E-state index is -0.225. The van der Waals surface area contributed by atoms with Crippen LogP contribution < -0.4 is 14.8 Å². The largest absolute Gasteiger partial charge is 0.497 e. The summed E-state index contributed by atoms with van der Waals surface area (Å²) < 4.78 is 10.6. The highest BCUT2D eigenvalue weighted by Crippen LogP contribution is 2.51. The van der Waals surface area contributed by atoms with Crippen molar-refractivity contribution in [3.8, 4) is 11.5 Å². The Balaban J connectivity index is 1.47. The Bertz CT molecular complexity index is 1100. The predicted molar refractivity (Wildman–Crippen MR) is 106 cm³/mol. The second-order valence-corrected chi connectivity index (χ2v) is 7.42. The molecule has 1 aromatic heterocycles. The zero-order valence-electron chi connectivity index (χ0n) is 15.9. The van der Waals surface area contributed by atoms with Crippen molar-refractivity contribution in [3.05, 3.63) is 53.3 Å². The summed E-state index contributed by atoms with van der Waals surface area (Å²) in [5.41, 5.74) is 5.02. The maximum absolute atomic E-state index is 12.8. The molecular weight excluding hydrogens is 354 g/mol. The first-order chi connectivity index (χ1) is 13.7. The number of aromatic nitrogens is 2. The van der Waals surface area contributed by atoms with Gasteiger partial charge in [0, 0.05) is 23.5 Å². The Morgan fingerprint density at radius 3 is 2.43 bits per heavy atom. The molecule has 0 radical (unpaired) electrons. The van der Waals surface area contributed by atoms with Gasteiger partial charge in [0.05, 0.1) is 42.3 Å². The second-order valence-electron chi connectivity index (χ2n) is 7.42. The van der Waals surface area contributed by atoms with Crippen LogP contribution in [0.3, 0.4) is 0 Å². The molecule has 3 aromatic rings. The summed E-state index contributed by atoms with van der Waals surface area (Å²) in [6, 6.07) is 10.8. The zero-order chi connectivity index (χ0) is 19.3. The Labute approximate surface area is 162 Å². The third kappa shape index (κ3) is 2.68. The lowest BCUT2D eigenvalue weighted by molar-refractivity contribution is 0.102. The molecule has 1 saturated carbocycles. The van der Waals surface area contributed by atoms with E-state index in [0.717, 1.165) is 16.7 Å². The molecule has 1 heterocycles. The minimum absolute atomic E-state index is 0.225. The van der Waals surface area contributed by atoms with E-state index in [0.29, 0.717) is 34.6 Å². The van der Waals surface area contributed by atoms with Gasteiger partial charge in [0.2, 0.25) is 0 Å². The predicted octanol–water partition coefficient (Wildman–Crippen LogP) is 4.26. The van der Waals surface area contributed by atoms with Crippen LogP contribution in [0.4, 0.5) is 5.69 Å². The first kappa shape index (κ1) is 17.0. The van der Waals surface area contributed by atoms with Crippen molar-refractivity contribution < 1.29 is 14.3 Å². The number of anilines is 1. The van der Waals surface area contributed by atoms with E-state index < -0.39 is 0 Å². The molecule has 2 aromatic carbocycles. The van der Waals surface area contributed by atoms with E-state index in [1.54, 1.807) is 38.5 Å². The summed E-state index contributed by atoms with van der Waals surface area (Å²) in [5.74, 6) is 2.10. The Hall–Kier alpha value is -3.15. The van der Waals surface area contributed by atoms with Crippen LogP contribution in [0.25, 0.3) is 11.0 Å². The van der Waals surface area contributed by atoms with Crippen molar-refractivity contribution in [2.24, 2.45) is 0 Å². The van der Waals surface area contributed by atoms with Gasteiger partial charge in [-0.3, -0.25) is 4.79 Å². The third-order valence-electron chi connectivity index (χ3n) is 5.84. The number of carbonyl (C=O) groups is 1. The van der Waals surface area contributed by atoms with Crippen molar-refractivity contribution >= 4 is 22.6 Å². The van der Waals surface area contributed by atoms with Gasteiger partial charge in [-0.05, 0) is 49.6 Å². The molecule has 2 bridgehead atoms. The highest BCUT2D eigenvalue weighted by Gasteiger charge is 2.39. The van der Waals surface area contributed by atoms with Crippen LogP contribution in [-0.2, 0) is 0 Å². The number of benzene rings is 2. The van der Waals surface area contributed by atoms with E-state index in [1.165, 1.54) is 25.0 Å². The van der Waals surface area contributed by atoms with Crippen LogP contribution in [-0.4, -0.2) is 30.1 Å². The highest BCUT2D eigenvalue weighted by atomic mass is 16.5. The summed E-state index contributed by atoms with van der Waals surface area (Å²) in [7, 11) is 3.15. The maximum atomic E-state index is 12.8. The van der Waals surface area contributed by atoms with Crippen LogP contribution in [0.1, 0.15) is 52.8 Å². The van der Waals surface area contributed by atoms with Gasteiger partial charge in [0.15, 0.2) is 0 Å². The number of methoxy groups -OCH3 is 2. The number of fused-ring (bicyclic) bond motifs is 6. The number of ether oxygens (including phenoxy) is 2. The number of nitrogens with one attached hydrogen (secondary N) is 1. The molecule has 0 spiro atoms. The van der Waals surface area contributed by atoms with Gasteiger partial charge < -0.3 is 14.8 Å². The molecular formula is C22H21N3O3. The molecule has 6 heteroatoms. The summed E-state index contributed by atoms with van der Waals surface area (Å²) >= 11 is 0. The lowest BCUT2D eigenvalue weighted by atomic mass is 10.00. The van der Waals surface area contributed by atoms with Gasteiger partial charge in [-0.2, -0.15) is 0 Å². The van der Waals surface area contributed by atoms with E-state index in [4.69, 9.17) is 19.4 Å². The SMILES string of the molecule is COc1ccc(OC)c(NC(=O)c2ccc3nc4c(nc3c2)C2CCC4C2)c1. The molecule has 1 fully saturated rings. The fraction of sp³-hybridized carbons (Fsp3) is 0.318. The van der Waals surface area contributed by atoms with Crippen molar-refractivity contribution in [2.75, 3.05) is 19.5 Å². The maximum Gasteiger partial charge on any atom is 0.255 e. The molecule has 5 rings (SSSR count). The van der Waals surface area contributed by atoms with Gasteiger partial charge in [0.1, 0.15) is 11.5 Å². The Morgan fingerprint density at radius 2 is 1.71 bits per heavy atom. The van der Waals surface area contributed by atoms with E-state index >= 15 is 0 Å². The molecule has 0 aliphatic heterocycles. The summed E-state index contributed by atoms with van der Waals surface area (Å²) in [4.78, 5) is 22.5. The molecule has 2 unspecified atom stereocenters. The number of hydrogen-bond donors (Lipinski definition) is 1. The average molecular weight is 375 g/mol. The fourth-order valence-corrected chi connectivity index (χ4v) is 4.41. The molecule has 6 nitrogen and oxygen atoms in total. The van der Waals surface area contributed by atoms with Gasteiger partial charge in [-0.15, -0.1) is 0 Å². The van der Waals surface area contributed by atoms with Crippen molar-refractivity contribution in [3.63, 3.8) is 0 Å². The minimum Gasteiger partial charge on any atom is -0.497 e. The first-order valence-corrected chi connectivity index (χ1v) is 9.51. The zero-order valence-corrected chi connectivity index (χ0v) is 15.9. The molecule has 1 amide bonds. The Kier molecular flexibility index (Phi) is 3.93. The summed E-state index contributed by atoms with van der Waals surface area (Å²) in [5, 5.41) is 2.90. The molecule has 2 aliphatic carbocycles. The third-order valence-corrected chi connectivity index (χ3v) is 5.84. The fourth-order valence-electron chi connectivity index (χ4n) is 4.41. The number of amides is 1. The quantitative estimate of drug-likeness (QED) is 0.737. The molecule has 2 aliphatic rings. The van der Waals surface area contributed by atoms with Crippen LogP contribution >= 0.6 is 0 Å². The summed E-state index contributed by atoms with van der Waals surface area (Å²) in [6.07, 6.45) is 3.60. The topological polar surface area (TPSA) is 73.3 Å². The molecule has 142 valence electrons. The van der Waals surface area contributed by atoms with E-state index in [2.05, 4.69) is 5.32 Å². The van der Waals surface area contributed by atoms with Gasteiger partial charge >= 0.3 is 0 Å². The number of hydrogen-bond acceptors (Lipinski definition) is 5. The van der Waals surface area contributed by atoms with Gasteiger partial charge in [-0.25, -0.2) is 9.97 Å². The van der Waals surface area contributed by atoms with E-state index in [9.17, 15) is 4.79 Å². The molecule has 2 atom stereocenters. The normalized spacial score (nSPS) is 19.5. The lowest BCUT2D eigenvalue weighted by Crippen LogP contribution is -2.13. The monoisotopic (exact) mass is 375 g/mol. The van der Waals surface area contributed by atoms with Crippen molar-refractivity contribution in [2.45, 2.75) is 31.1 Å². The van der Waals surface area contributed by atoms with Gasteiger partial charge in [0.25, 0.3) is 5.91 Å². The number of rotatable bonds is 4. The van der Waals surface area contributed by atoms with Crippen LogP contribution in [0, 0.1) is 0 Å². The standard InChI is InChI=1S/C22H21N3O3/c1-27-15-6-8-19(28-2)18(11-15)25-22(26)14-5-7-16-17(10-14)24-21-13-4-3-12(9-13)20(21)23-16/h5-8,10-13H,3-4,9H2,1-2H3,(H,25,26). The smallest absolute Gasteiger partial charge is 0.255 e. The van der Waals surface area contributed by atoms with Gasteiger partial charge in [-0.1, -0.05) is 0 Å². The van der Waals surface area contributed by atoms with Crippen molar-refractivity contribution in [1.29, 1.82) is 0 Å². The summed E-state index contributed by atoms with van der Waals surface area (Å²) in [6.45, 7) is 0. The van der Waals surface area contributed by atoms with Crippen LogP contribution in [0.15, 0.2) is 36.4 Å². The average Bonchev–Trinajstić information content (AvgIpc) is 3.34. The first-order valence-electron chi connectivity index (χ1n) is 9.51. The lowest BCUT2D eigenvalue weighted by Gasteiger charge is -2.14. The number of carbonyl (C=O) groups excluding carboxylic acids is 1. The van der Waals surface area contributed by atoms with Crippen molar-refractivity contribution in [1.82, 2.24) is 9.97 Å². The highest BCUT2D eigenvalue weighted by molar-refractivity contribution is 6.06. The molecule has 1 N–H and O–H groups in total. The van der Waals surface area contributed by atoms with E-state index in [1.807, 2.05) is 12.1 Å². The Morgan fingerprint density at radius 1 is 0.964 bits per heavy atom. The molecule has 0 saturated heterocycles. The molecule has 28 heavy (non-hydrogen) atoms. The number of nitrogens with zero attached hydrogens (tertiary/aromatic N) is 2. The van der Waals surface area contributed by atoms with Crippen LogP contribution in [0.2, 0.25) is 0 Å². The van der Waals surface area contributed by atoms with E-state index in [-0.39, 0.29) is 5.91 Å².